The molecule has 3 N–H and O–H groups in total. The lowest BCUT2D eigenvalue weighted by molar-refractivity contribution is 0.102. The van der Waals surface area contributed by atoms with E-state index >= 15 is 0 Å². The maximum atomic E-state index is 13.0. The first-order valence-corrected chi connectivity index (χ1v) is 12.5. The number of aromatic hydroxyl groups is 1. The molecule has 0 atom stereocenters. The van der Waals surface area contributed by atoms with Crippen LogP contribution in [0, 0.1) is 0 Å². The summed E-state index contributed by atoms with van der Waals surface area (Å²) in [6.07, 6.45) is 1.94. The van der Waals surface area contributed by atoms with Gasteiger partial charge >= 0.3 is 6.03 Å². The first-order valence-electron chi connectivity index (χ1n) is 12.1. The fourth-order valence-electron chi connectivity index (χ4n) is 4.31. The van der Waals surface area contributed by atoms with Gasteiger partial charge in [0.1, 0.15) is 5.75 Å². The molecule has 2 amide bonds. The number of phenolic OH excluding ortho intramolecular Hbond substituents is 1. The van der Waals surface area contributed by atoms with Crippen molar-refractivity contribution in [3.63, 3.8) is 0 Å². The van der Waals surface area contributed by atoms with Crippen LogP contribution in [-0.4, -0.2) is 33.6 Å². The van der Waals surface area contributed by atoms with Gasteiger partial charge in [-0.15, -0.1) is 0 Å². The summed E-state index contributed by atoms with van der Waals surface area (Å²) >= 11 is 6.21. The zero-order valence-electron chi connectivity index (χ0n) is 20.1. The molecule has 1 fully saturated rings. The third-order valence-corrected chi connectivity index (χ3v) is 6.85. The number of phenols is 1. The maximum Gasteiger partial charge on any atom is 0.342 e. The number of halogens is 1. The first kappa shape index (κ1) is 23.9. The number of ether oxygens (including phenoxy) is 2. The third-order valence-electron chi connectivity index (χ3n) is 6.48. The number of amides is 2. The molecule has 1 aliphatic heterocycles. The number of fused-ring (bicyclic) bond motifs is 1. The number of carbonyl (C=O) groups excluding carboxylic acids is 2. The van der Waals surface area contributed by atoms with Gasteiger partial charge in [-0.1, -0.05) is 29.8 Å². The van der Waals surface area contributed by atoms with Crippen molar-refractivity contribution in [2.75, 3.05) is 12.1 Å². The van der Waals surface area contributed by atoms with Crippen molar-refractivity contribution in [3.8, 4) is 28.5 Å². The van der Waals surface area contributed by atoms with E-state index in [-0.39, 0.29) is 36.9 Å². The average Bonchev–Trinajstić information content (AvgIpc) is 3.48. The van der Waals surface area contributed by atoms with Crippen LogP contribution in [0.25, 0.3) is 11.3 Å². The molecule has 0 spiro atoms. The molecule has 0 unspecified atom stereocenters. The minimum absolute atomic E-state index is 0.0723. The molecular weight excluding hydrogens is 508 g/mol. The number of aromatic nitrogens is 2. The number of carbonyl (C=O) groups is 2. The van der Waals surface area contributed by atoms with Gasteiger partial charge in [0, 0.05) is 40.4 Å². The van der Waals surface area contributed by atoms with Gasteiger partial charge in [-0.05, 0) is 60.9 Å². The molecule has 192 valence electrons. The number of hydrogen-bond acceptors (Lipinski definition) is 6. The number of nitrogens with zero attached hydrogens (tertiary/aromatic N) is 2. The minimum atomic E-state index is -0.370. The van der Waals surface area contributed by atoms with Crippen LogP contribution >= 0.6 is 11.6 Å². The molecule has 3 aromatic carbocycles. The second-order valence-electron chi connectivity index (χ2n) is 9.14. The topological polar surface area (TPSA) is 115 Å². The lowest BCUT2D eigenvalue weighted by Gasteiger charge is -2.09. The zero-order valence-corrected chi connectivity index (χ0v) is 20.9. The Morgan fingerprint density at radius 3 is 2.63 bits per heavy atom. The summed E-state index contributed by atoms with van der Waals surface area (Å²) in [6, 6.07) is 18.5. The highest BCUT2D eigenvalue weighted by molar-refractivity contribution is 6.31. The molecule has 2 aliphatic rings. The van der Waals surface area contributed by atoms with Crippen molar-refractivity contribution in [1.82, 2.24) is 15.1 Å². The Morgan fingerprint density at radius 1 is 1.03 bits per heavy atom. The molecule has 1 aromatic heterocycles. The smallest absolute Gasteiger partial charge is 0.342 e. The van der Waals surface area contributed by atoms with Crippen molar-refractivity contribution in [3.05, 3.63) is 88.6 Å². The van der Waals surface area contributed by atoms with Gasteiger partial charge in [0.05, 0.1) is 11.4 Å². The van der Waals surface area contributed by atoms with Gasteiger partial charge in [-0.2, -0.15) is 9.78 Å². The van der Waals surface area contributed by atoms with Crippen molar-refractivity contribution in [2.24, 2.45) is 0 Å². The largest absolute Gasteiger partial charge is 0.507 e. The SMILES string of the molecule is O=C(Nc1ccc(-c2cc(C3CC3)n(C(=O)NCc3ccccc3Cl)n2)c(O)c1)c1ccc2c(c1)OCO2. The van der Waals surface area contributed by atoms with Crippen LogP contribution in [0.2, 0.25) is 5.02 Å². The lowest BCUT2D eigenvalue weighted by atomic mass is 10.1. The van der Waals surface area contributed by atoms with Gasteiger partial charge in [0.2, 0.25) is 6.79 Å². The normalized spacial score (nSPS) is 13.8. The molecule has 9 nitrogen and oxygen atoms in total. The van der Waals surface area contributed by atoms with Crippen LogP contribution in [0.1, 0.15) is 40.4 Å². The Kier molecular flexibility index (Phi) is 6.13. The molecule has 38 heavy (non-hydrogen) atoms. The molecule has 10 heteroatoms. The van der Waals surface area contributed by atoms with Crippen LogP contribution in [-0.2, 0) is 6.54 Å². The van der Waals surface area contributed by atoms with E-state index in [9.17, 15) is 14.7 Å². The van der Waals surface area contributed by atoms with Crippen LogP contribution < -0.4 is 20.1 Å². The predicted octanol–water partition coefficient (Wildman–Crippen LogP) is 5.53. The van der Waals surface area contributed by atoms with E-state index in [0.29, 0.717) is 39.0 Å². The van der Waals surface area contributed by atoms with Gasteiger partial charge in [-0.3, -0.25) is 4.79 Å². The van der Waals surface area contributed by atoms with E-state index < -0.39 is 0 Å². The second kappa shape index (κ2) is 9.75. The van der Waals surface area contributed by atoms with Crippen LogP contribution in [0.5, 0.6) is 17.2 Å². The van der Waals surface area contributed by atoms with Gasteiger partial charge in [0.15, 0.2) is 11.5 Å². The Balaban J connectivity index is 1.19. The molecule has 6 rings (SSSR count). The van der Waals surface area contributed by atoms with Crippen LogP contribution in [0.4, 0.5) is 10.5 Å². The number of anilines is 1. The molecule has 1 aliphatic carbocycles. The highest BCUT2D eigenvalue weighted by atomic mass is 35.5. The van der Waals surface area contributed by atoms with Crippen LogP contribution in [0.15, 0.2) is 66.7 Å². The number of benzene rings is 3. The van der Waals surface area contributed by atoms with E-state index in [1.54, 1.807) is 36.4 Å². The number of hydrogen-bond donors (Lipinski definition) is 3. The monoisotopic (exact) mass is 530 g/mol. The minimum Gasteiger partial charge on any atom is -0.507 e. The highest BCUT2D eigenvalue weighted by Gasteiger charge is 2.31. The molecular formula is C28H23ClN4O5. The lowest BCUT2D eigenvalue weighted by Crippen LogP contribution is -2.30. The van der Waals surface area contributed by atoms with Crippen molar-refractivity contribution in [2.45, 2.75) is 25.3 Å². The molecule has 1 saturated carbocycles. The second-order valence-corrected chi connectivity index (χ2v) is 9.55. The molecule has 0 bridgehead atoms. The first-order chi connectivity index (χ1) is 18.5. The third kappa shape index (κ3) is 4.76. The summed E-state index contributed by atoms with van der Waals surface area (Å²) in [7, 11) is 0. The average molecular weight is 531 g/mol. The van der Waals surface area contributed by atoms with E-state index in [2.05, 4.69) is 15.7 Å². The van der Waals surface area contributed by atoms with E-state index in [0.717, 1.165) is 24.1 Å². The summed E-state index contributed by atoms with van der Waals surface area (Å²) < 4.78 is 12.0. The fourth-order valence-corrected chi connectivity index (χ4v) is 4.52. The number of nitrogens with one attached hydrogen (secondary N) is 2. The Bertz CT molecular complexity index is 1560. The van der Waals surface area contributed by atoms with Gasteiger partial charge in [0.25, 0.3) is 5.91 Å². The molecule has 0 radical (unpaired) electrons. The maximum absolute atomic E-state index is 13.0. The van der Waals surface area contributed by atoms with E-state index in [4.69, 9.17) is 21.1 Å². The Hall–Kier alpha value is -4.50. The van der Waals surface area contributed by atoms with Crippen molar-refractivity contribution in [1.29, 1.82) is 0 Å². The Morgan fingerprint density at radius 2 is 1.84 bits per heavy atom. The predicted molar refractivity (Wildman–Crippen MR) is 141 cm³/mol. The summed E-state index contributed by atoms with van der Waals surface area (Å²) in [4.78, 5) is 25.7. The quantitative estimate of drug-likeness (QED) is 0.302. The fraction of sp³-hybridized carbons (Fsp3) is 0.179. The van der Waals surface area contributed by atoms with Gasteiger partial charge in [-0.25, -0.2) is 4.79 Å². The zero-order chi connectivity index (χ0) is 26.2. The summed E-state index contributed by atoms with van der Waals surface area (Å²) in [5.74, 6) is 0.910. The van der Waals surface area contributed by atoms with Gasteiger partial charge < -0.3 is 25.2 Å². The van der Waals surface area contributed by atoms with E-state index in [1.807, 2.05) is 24.3 Å². The standard InChI is InChI=1S/C28H23ClN4O5/c29-21-4-2-1-3-18(21)14-30-28(36)33-23(16-5-6-16)13-22(32-33)20-9-8-19(12-24(20)34)31-27(35)17-7-10-25-26(11-17)38-15-37-25/h1-4,7-13,16,34H,5-6,14-15H2,(H,30,36)(H,31,35). The highest BCUT2D eigenvalue weighted by Crippen LogP contribution is 2.42. The summed E-state index contributed by atoms with van der Waals surface area (Å²) in [5.41, 5.74) is 3.31. The summed E-state index contributed by atoms with van der Waals surface area (Å²) in [6.45, 7) is 0.387. The number of rotatable bonds is 6. The van der Waals surface area contributed by atoms with Crippen LogP contribution in [0.3, 0.4) is 0 Å². The van der Waals surface area contributed by atoms with Crippen molar-refractivity contribution < 1.29 is 24.2 Å². The summed E-state index contributed by atoms with van der Waals surface area (Å²) in [5, 5.41) is 21.5. The van der Waals surface area contributed by atoms with E-state index in [1.165, 1.54) is 10.7 Å². The van der Waals surface area contributed by atoms with Crippen molar-refractivity contribution >= 4 is 29.2 Å². The Labute approximate surface area is 223 Å². The molecule has 4 aromatic rings. The molecule has 0 saturated heterocycles. The molecule has 2 heterocycles.